The number of nitrogens with one attached hydrogen (secondary N) is 1. The van der Waals surface area contributed by atoms with Gasteiger partial charge < -0.3 is 14.6 Å². The summed E-state index contributed by atoms with van der Waals surface area (Å²) in [4.78, 5) is 4.12. The van der Waals surface area contributed by atoms with Gasteiger partial charge >= 0.3 is 0 Å². The zero-order valence-corrected chi connectivity index (χ0v) is 9.16. The minimum absolute atomic E-state index is 0.501. The average Bonchev–Trinajstić information content (AvgIpc) is 2.58. The highest BCUT2D eigenvalue weighted by Gasteiger charge is 2.01. The van der Waals surface area contributed by atoms with Crippen LogP contribution in [0.25, 0.3) is 0 Å². The minimum atomic E-state index is 0.501. The first-order valence-corrected chi connectivity index (χ1v) is 4.95. The van der Waals surface area contributed by atoms with E-state index in [1.165, 1.54) is 5.69 Å². The first kappa shape index (κ1) is 11.2. The lowest BCUT2D eigenvalue weighted by Gasteiger charge is -2.10. The first-order valence-electron chi connectivity index (χ1n) is 4.95. The molecule has 1 aromatic rings. The van der Waals surface area contributed by atoms with Crippen molar-refractivity contribution in [2.24, 2.45) is 0 Å². The Morgan fingerprint density at radius 1 is 1.57 bits per heavy atom. The maximum Gasteiger partial charge on any atom is 0.0949 e. The normalized spacial score (nSPS) is 11.1. The summed E-state index contributed by atoms with van der Waals surface area (Å²) >= 11 is 0. The summed E-state index contributed by atoms with van der Waals surface area (Å²) in [6.07, 6.45) is 3.74. The van der Waals surface area contributed by atoms with Gasteiger partial charge in [-0.1, -0.05) is 13.8 Å². The fourth-order valence-electron chi connectivity index (χ4n) is 1.20. The van der Waals surface area contributed by atoms with Gasteiger partial charge in [-0.3, -0.25) is 0 Å². The van der Waals surface area contributed by atoms with Crippen LogP contribution in [0.1, 0.15) is 19.5 Å². The molecule has 0 unspecified atom stereocenters. The fourth-order valence-corrected chi connectivity index (χ4v) is 1.20. The van der Waals surface area contributed by atoms with Gasteiger partial charge in [0.1, 0.15) is 0 Å². The van der Waals surface area contributed by atoms with Gasteiger partial charge in [0, 0.05) is 32.4 Å². The Hall–Kier alpha value is -0.870. The molecule has 0 aliphatic heterocycles. The predicted octanol–water partition coefficient (Wildman–Crippen LogP) is 1.03. The average molecular weight is 197 g/mol. The molecular weight excluding hydrogens is 178 g/mol. The molecule has 0 aliphatic carbocycles. The van der Waals surface area contributed by atoms with Crippen LogP contribution in [0.15, 0.2) is 12.5 Å². The molecule has 0 radical (unpaired) electrons. The Morgan fingerprint density at radius 2 is 2.36 bits per heavy atom. The van der Waals surface area contributed by atoms with Crippen molar-refractivity contribution in [1.82, 2.24) is 14.9 Å². The van der Waals surface area contributed by atoms with Crippen molar-refractivity contribution in [3.05, 3.63) is 18.2 Å². The van der Waals surface area contributed by atoms with Crippen molar-refractivity contribution >= 4 is 0 Å². The summed E-state index contributed by atoms with van der Waals surface area (Å²) < 4.78 is 7.14. The molecule has 0 saturated heterocycles. The lowest BCUT2D eigenvalue weighted by atomic mass is 10.3. The van der Waals surface area contributed by atoms with E-state index in [1.807, 2.05) is 12.5 Å². The molecule has 1 aromatic heterocycles. The van der Waals surface area contributed by atoms with Crippen LogP contribution in [-0.4, -0.2) is 29.3 Å². The van der Waals surface area contributed by atoms with Crippen LogP contribution >= 0.6 is 0 Å². The molecule has 1 N–H and O–H groups in total. The van der Waals surface area contributed by atoms with Crippen LogP contribution in [-0.2, 0) is 17.8 Å². The zero-order chi connectivity index (χ0) is 10.4. The van der Waals surface area contributed by atoms with E-state index in [0.717, 1.165) is 19.7 Å². The molecule has 4 nitrogen and oxygen atoms in total. The molecule has 80 valence electrons. The highest BCUT2D eigenvalue weighted by atomic mass is 16.5. The Bertz CT molecular complexity index is 258. The lowest BCUT2D eigenvalue weighted by Crippen LogP contribution is -2.23. The van der Waals surface area contributed by atoms with Crippen molar-refractivity contribution in [2.75, 3.05) is 13.7 Å². The molecular formula is C10H19N3O. The van der Waals surface area contributed by atoms with Crippen LogP contribution in [0.5, 0.6) is 0 Å². The van der Waals surface area contributed by atoms with Crippen molar-refractivity contribution in [3.63, 3.8) is 0 Å². The number of hydrogen-bond donors (Lipinski definition) is 1. The molecule has 1 rings (SSSR count). The van der Waals surface area contributed by atoms with E-state index in [2.05, 4.69) is 28.7 Å². The van der Waals surface area contributed by atoms with Gasteiger partial charge in [-0.15, -0.1) is 0 Å². The van der Waals surface area contributed by atoms with Crippen molar-refractivity contribution < 1.29 is 4.74 Å². The Labute approximate surface area is 85.3 Å². The Morgan fingerprint density at radius 3 is 3.00 bits per heavy atom. The van der Waals surface area contributed by atoms with E-state index >= 15 is 0 Å². The summed E-state index contributed by atoms with van der Waals surface area (Å²) in [6.45, 7) is 6.73. The SMILES string of the molecule is COCCn1cncc1CNC(C)C. The molecule has 0 saturated carbocycles. The lowest BCUT2D eigenvalue weighted by molar-refractivity contribution is 0.186. The summed E-state index contributed by atoms with van der Waals surface area (Å²) in [6, 6.07) is 0.501. The second-order valence-electron chi connectivity index (χ2n) is 3.61. The fraction of sp³-hybridized carbons (Fsp3) is 0.700. The molecule has 0 aliphatic rings. The maximum atomic E-state index is 5.03. The second-order valence-corrected chi connectivity index (χ2v) is 3.61. The van der Waals surface area contributed by atoms with E-state index in [0.29, 0.717) is 6.04 Å². The van der Waals surface area contributed by atoms with Crippen LogP contribution < -0.4 is 5.32 Å². The first-order chi connectivity index (χ1) is 6.74. The number of ether oxygens (including phenoxy) is 1. The third-order valence-corrected chi connectivity index (χ3v) is 2.03. The number of nitrogens with zero attached hydrogens (tertiary/aromatic N) is 2. The van der Waals surface area contributed by atoms with E-state index in [9.17, 15) is 0 Å². The van der Waals surface area contributed by atoms with Gasteiger partial charge in [0.25, 0.3) is 0 Å². The molecule has 14 heavy (non-hydrogen) atoms. The molecule has 0 aromatic carbocycles. The number of hydrogen-bond acceptors (Lipinski definition) is 3. The van der Waals surface area contributed by atoms with Gasteiger partial charge in [0.2, 0.25) is 0 Å². The van der Waals surface area contributed by atoms with E-state index in [4.69, 9.17) is 4.74 Å². The van der Waals surface area contributed by atoms with Crippen LogP contribution in [0, 0.1) is 0 Å². The maximum absolute atomic E-state index is 5.03. The highest BCUT2D eigenvalue weighted by Crippen LogP contribution is 1.99. The molecule has 0 atom stereocenters. The van der Waals surface area contributed by atoms with Crippen molar-refractivity contribution in [3.8, 4) is 0 Å². The van der Waals surface area contributed by atoms with E-state index in [1.54, 1.807) is 7.11 Å². The number of rotatable bonds is 6. The quantitative estimate of drug-likeness (QED) is 0.740. The van der Waals surface area contributed by atoms with Crippen LogP contribution in [0.4, 0.5) is 0 Å². The third kappa shape index (κ3) is 3.47. The summed E-state index contributed by atoms with van der Waals surface area (Å²) in [5.74, 6) is 0. The molecule has 4 heteroatoms. The van der Waals surface area contributed by atoms with Gasteiger partial charge in [0.05, 0.1) is 18.6 Å². The van der Waals surface area contributed by atoms with Crippen LogP contribution in [0.3, 0.4) is 0 Å². The second kappa shape index (κ2) is 5.78. The Kier molecular flexibility index (Phi) is 4.62. The van der Waals surface area contributed by atoms with Gasteiger partial charge in [0.15, 0.2) is 0 Å². The van der Waals surface area contributed by atoms with Crippen molar-refractivity contribution in [1.29, 1.82) is 0 Å². The van der Waals surface area contributed by atoms with Crippen molar-refractivity contribution in [2.45, 2.75) is 33.0 Å². The molecule has 1 heterocycles. The van der Waals surface area contributed by atoms with E-state index in [-0.39, 0.29) is 0 Å². The molecule has 0 bridgehead atoms. The summed E-state index contributed by atoms with van der Waals surface area (Å²) in [5.41, 5.74) is 1.20. The number of imidazole rings is 1. The summed E-state index contributed by atoms with van der Waals surface area (Å²) in [7, 11) is 1.71. The van der Waals surface area contributed by atoms with Crippen LogP contribution in [0.2, 0.25) is 0 Å². The van der Waals surface area contributed by atoms with E-state index < -0.39 is 0 Å². The van der Waals surface area contributed by atoms with Gasteiger partial charge in [-0.25, -0.2) is 4.98 Å². The Balaban J connectivity index is 2.45. The molecule has 0 spiro atoms. The topological polar surface area (TPSA) is 39.1 Å². The monoisotopic (exact) mass is 197 g/mol. The smallest absolute Gasteiger partial charge is 0.0949 e. The minimum Gasteiger partial charge on any atom is -0.383 e. The predicted molar refractivity (Wildman–Crippen MR) is 56.1 cm³/mol. The standard InChI is InChI=1S/C10H19N3O/c1-9(2)12-7-10-6-11-8-13(10)4-5-14-3/h6,8-9,12H,4-5,7H2,1-3H3. The zero-order valence-electron chi connectivity index (χ0n) is 9.16. The molecule has 0 amide bonds. The molecule has 0 fully saturated rings. The summed E-state index contributed by atoms with van der Waals surface area (Å²) in [5, 5.41) is 3.36. The number of methoxy groups -OCH3 is 1. The number of aromatic nitrogens is 2. The highest BCUT2D eigenvalue weighted by molar-refractivity contribution is 4.98. The largest absolute Gasteiger partial charge is 0.383 e. The van der Waals surface area contributed by atoms with Gasteiger partial charge in [-0.2, -0.15) is 0 Å². The van der Waals surface area contributed by atoms with Gasteiger partial charge in [-0.05, 0) is 0 Å². The third-order valence-electron chi connectivity index (χ3n) is 2.03.